The Morgan fingerprint density at radius 2 is 1.88 bits per heavy atom. The molecule has 17 heavy (non-hydrogen) atoms. The highest BCUT2D eigenvalue weighted by atomic mass is 19.4. The Bertz CT molecular complexity index is 393. The van der Waals surface area contributed by atoms with E-state index in [1.54, 1.807) is 0 Å². The molecule has 0 aromatic heterocycles. The smallest absolute Gasteiger partial charge is 0.389 e. The summed E-state index contributed by atoms with van der Waals surface area (Å²) in [4.78, 5) is 0. The van der Waals surface area contributed by atoms with Crippen LogP contribution < -0.4 is 5.73 Å². The van der Waals surface area contributed by atoms with Crippen LogP contribution in [0.5, 0.6) is 0 Å². The van der Waals surface area contributed by atoms with Crippen molar-refractivity contribution in [2.45, 2.75) is 25.3 Å². The fourth-order valence-corrected chi connectivity index (χ4v) is 1.62. The van der Waals surface area contributed by atoms with Crippen LogP contribution in [0.1, 0.15) is 22.8 Å². The predicted octanol–water partition coefficient (Wildman–Crippen LogP) is 1.37. The Kier molecular flexibility index (Phi) is 4.13. The minimum Gasteiger partial charge on any atom is -0.389 e. The van der Waals surface area contributed by atoms with Crippen molar-refractivity contribution < 1.29 is 23.4 Å². The van der Waals surface area contributed by atoms with E-state index in [9.17, 15) is 23.4 Å². The van der Waals surface area contributed by atoms with Crippen LogP contribution in [0.4, 0.5) is 13.2 Å². The Morgan fingerprint density at radius 3 is 2.35 bits per heavy atom. The van der Waals surface area contributed by atoms with Crippen molar-refractivity contribution >= 4 is 0 Å². The summed E-state index contributed by atoms with van der Waals surface area (Å²) in [5.74, 6) is 0. The summed E-state index contributed by atoms with van der Waals surface area (Å²) < 4.78 is 37.8. The van der Waals surface area contributed by atoms with E-state index in [0.717, 1.165) is 6.07 Å². The van der Waals surface area contributed by atoms with Gasteiger partial charge < -0.3 is 15.9 Å². The zero-order valence-corrected chi connectivity index (χ0v) is 9.20. The zero-order chi connectivity index (χ0) is 13.2. The Labute approximate surface area is 96.7 Å². The van der Waals surface area contributed by atoms with Crippen molar-refractivity contribution in [1.82, 2.24) is 0 Å². The van der Waals surface area contributed by atoms with Gasteiger partial charge in [-0.1, -0.05) is 12.1 Å². The highest BCUT2D eigenvalue weighted by molar-refractivity contribution is 5.37. The van der Waals surface area contributed by atoms with Gasteiger partial charge in [0.2, 0.25) is 0 Å². The molecule has 0 amide bonds. The number of aliphatic hydroxyl groups is 2. The van der Waals surface area contributed by atoms with Crippen molar-refractivity contribution in [2.75, 3.05) is 6.54 Å². The number of alkyl halides is 3. The first-order chi connectivity index (χ1) is 7.79. The Hall–Kier alpha value is -1.11. The van der Waals surface area contributed by atoms with Gasteiger partial charge in [0.25, 0.3) is 0 Å². The summed E-state index contributed by atoms with van der Waals surface area (Å²) in [5.41, 5.74) is 4.27. The van der Waals surface area contributed by atoms with Gasteiger partial charge >= 0.3 is 6.18 Å². The molecule has 0 aliphatic rings. The lowest BCUT2D eigenvalue weighted by molar-refractivity contribution is -0.138. The van der Waals surface area contributed by atoms with Gasteiger partial charge in [-0.3, -0.25) is 0 Å². The summed E-state index contributed by atoms with van der Waals surface area (Å²) >= 11 is 0. The lowest BCUT2D eigenvalue weighted by Gasteiger charge is -2.20. The lowest BCUT2D eigenvalue weighted by atomic mass is 9.95. The summed E-state index contributed by atoms with van der Waals surface area (Å²) in [6.45, 7) is 1.03. The van der Waals surface area contributed by atoms with Crippen molar-refractivity contribution in [3.8, 4) is 0 Å². The molecule has 0 saturated heterocycles. The van der Waals surface area contributed by atoms with E-state index in [1.807, 2.05) is 0 Å². The average Bonchev–Trinajstić information content (AvgIpc) is 2.25. The van der Waals surface area contributed by atoms with Gasteiger partial charge in [0.1, 0.15) is 6.10 Å². The van der Waals surface area contributed by atoms with Crippen LogP contribution in [0.15, 0.2) is 18.2 Å². The van der Waals surface area contributed by atoms with Crippen LogP contribution in [0, 0.1) is 6.92 Å². The maximum Gasteiger partial charge on any atom is 0.416 e. The minimum atomic E-state index is -4.48. The van der Waals surface area contributed by atoms with Gasteiger partial charge in [-0.05, 0) is 24.1 Å². The van der Waals surface area contributed by atoms with Gasteiger partial charge in [-0.25, -0.2) is 0 Å². The second-order valence-electron chi connectivity index (χ2n) is 3.77. The summed E-state index contributed by atoms with van der Waals surface area (Å²) in [6.07, 6.45) is -7.17. The van der Waals surface area contributed by atoms with E-state index in [4.69, 9.17) is 5.73 Å². The normalized spacial score (nSPS) is 15.7. The third-order valence-corrected chi connectivity index (χ3v) is 2.61. The standard InChI is InChI=1S/C11H14F3NO2/c1-6-7(10(17)9(16)5-15)3-2-4-8(6)11(12,13)14/h2-4,9-10,16-17H,5,15H2,1H3. The van der Waals surface area contributed by atoms with Crippen LogP contribution in [0.2, 0.25) is 0 Å². The molecule has 0 aliphatic heterocycles. The highest BCUT2D eigenvalue weighted by Crippen LogP contribution is 2.34. The van der Waals surface area contributed by atoms with Crippen LogP contribution in [-0.2, 0) is 6.18 Å². The second kappa shape index (κ2) is 5.03. The third-order valence-electron chi connectivity index (χ3n) is 2.61. The first-order valence-electron chi connectivity index (χ1n) is 5.02. The predicted molar refractivity (Wildman–Crippen MR) is 56.2 cm³/mol. The molecule has 6 heteroatoms. The maximum absolute atomic E-state index is 12.6. The van der Waals surface area contributed by atoms with Crippen molar-refractivity contribution in [3.05, 3.63) is 34.9 Å². The van der Waals surface area contributed by atoms with Gasteiger partial charge in [0, 0.05) is 6.54 Å². The SMILES string of the molecule is Cc1c(C(O)C(O)CN)cccc1C(F)(F)F. The van der Waals surface area contributed by atoms with Crippen LogP contribution in [0.3, 0.4) is 0 Å². The van der Waals surface area contributed by atoms with Gasteiger partial charge in [-0.2, -0.15) is 13.2 Å². The number of hydrogen-bond donors (Lipinski definition) is 3. The van der Waals surface area contributed by atoms with E-state index < -0.39 is 23.9 Å². The van der Waals surface area contributed by atoms with Crippen molar-refractivity contribution in [3.63, 3.8) is 0 Å². The number of nitrogens with two attached hydrogens (primary N) is 1. The molecule has 1 aromatic rings. The molecule has 0 spiro atoms. The van der Waals surface area contributed by atoms with E-state index in [0.29, 0.717) is 0 Å². The zero-order valence-electron chi connectivity index (χ0n) is 9.20. The molecular weight excluding hydrogens is 235 g/mol. The van der Waals surface area contributed by atoms with Crippen LogP contribution in [-0.4, -0.2) is 22.9 Å². The van der Waals surface area contributed by atoms with Gasteiger partial charge in [0.15, 0.2) is 0 Å². The number of halogens is 3. The van der Waals surface area contributed by atoms with Crippen molar-refractivity contribution in [1.29, 1.82) is 0 Å². The molecular formula is C11H14F3NO2. The molecule has 1 aromatic carbocycles. The second-order valence-corrected chi connectivity index (χ2v) is 3.77. The lowest BCUT2D eigenvalue weighted by Crippen LogP contribution is -2.28. The summed E-state index contributed by atoms with van der Waals surface area (Å²) in [6, 6.07) is 3.46. The third kappa shape index (κ3) is 2.96. The highest BCUT2D eigenvalue weighted by Gasteiger charge is 2.34. The maximum atomic E-state index is 12.6. The van der Waals surface area contributed by atoms with Gasteiger partial charge in [0.05, 0.1) is 11.7 Å². The minimum absolute atomic E-state index is 0.0396. The first-order valence-corrected chi connectivity index (χ1v) is 5.02. The quantitative estimate of drug-likeness (QED) is 0.758. The number of rotatable bonds is 3. The molecule has 2 atom stereocenters. The molecule has 0 fully saturated rings. The molecule has 4 N–H and O–H groups in total. The largest absolute Gasteiger partial charge is 0.416 e. The molecule has 96 valence electrons. The van der Waals surface area contributed by atoms with Crippen molar-refractivity contribution in [2.24, 2.45) is 5.73 Å². The molecule has 2 unspecified atom stereocenters. The van der Waals surface area contributed by atoms with E-state index >= 15 is 0 Å². The molecule has 0 bridgehead atoms. The van der Waals surface area contributed by atoms with Gasteiger partial charge in [-0.15, -0.1) is 0 Å². The van der Waals surface area contributed by atoms with E-state index in [2.05, 4.69) is 0 Å². The Morgan fingerprint density at radius 1 is 1.29 bits per heavy atom. The average molecular weight is 249 g/mol. The summed E-state index contributed by atoms with van der Waals surface area (Å²) in [7, 11) is 0. The molecule has 0 heterocycles. The molecule has 3 nitrogen and oxygen atoms in total. The van der Waals surface area contributed by atoms with Crippen LogP contribution in [0.25, 0.3) is 0 Å². The Balaban J connectivity index is 3.19. The fraction of sp³-hybridized carbons (Fsp3) is 0.455. The number of hydrogen-bond acceptors (Lipinski definition) is 3. The molecule has 0 saturated carbocycles. The molecule has 1 rings (SSSR count). The molecule has 0 aliphatic carbocycles. The monoisotopic (exact) mass is 249 g/mol. The topological polar surface area (TPSA) is 66.5 Å². The van der Waals surface area contributed by atoms with E-state index in [-0.39, 0.29) is 17.7 Å². The molecule has 0 radical (unpaired) electrons. The number of aliphatic hydroxyl groups excluding tert-OH is 2. The first kappa shape index (κ1) is 14.0. The summed E-state index contributed by atoms with van der Waals surface area (Å²) in [5, 5.41) is 19.0. The van der Waals surface area contributed by atoms with Crippen LogP contribution >= 0.6 is 0 Å². The fourth-order valence-electron chi connectivity index (χ4n) is 1.62. The number of benzene rings is 1. The van der Waals surface area contributed by atoms with E-state index in [1.165, 1.54) is 19.1 Å².